The lowest BCUT2D eigenvalue weighted by molar-refractivity contribution is 1.06. The van der Waals surface area contributed by atoms with Crippen LogP contribution in [-0.2, 0) is 0 Å². The van der Waals surface area contributed by atoms with Crippen LogP contribution in [0.3, 0.4) is 0 Å². The van der Waals surface area contributed by atoms with Crippen molar-refractivity contribution in [2.75, 3.05) is 0 Å². The fourth-order valence-electron chi connectivity index (χ4n) is 9.16. The van der Waals surface area contributed by atoms with E-state index in [-0.39, 0.29) is 0 Å². The van der Waals surface area contributed by atoms with Gasteiger partial charge in [0.05, 0.1) is 33.4 Å². The Hall–Kier alpha value is -8.41. The average molecular weight is 792 g/mol. The van der Waals surface area contributed by atoms with Crippen molar-refractivity contribution in [3.63, 3.8) is 0 Å². The molecule has 0 aliphatic carbocycles. The molecule has 0 aliphatic rings. The van der Waals surface area contributed by atoms with Gasteiger partial charge < -0.3 is 9.13 Å². The Balaban J connectivity index is 1.07. The number of para-hydroxylation sites is 5. The highest BCUT2D eigenvalue weighted by molar-refractivity contribution is 6.11. The Kier molecular flexibility index (Phi) is 8.42. The summed E-state index contributed by atoms with van der Waals surface area (Å²) in [5.74, 6) is 1.82. The Labute approximate surface area is 358 Å². The second-order valence-corrected chi connectivity index (χ2v) is 15.6. The molecular weight excluding hydrogens is 755 g/mol. The summed E-state index contributed by atoms with van der Waals surface area (Å²) in [5.41, 5.74) is 13.9. The van der Waals surface area contributed by atoms with Gasteiger partial charge in [0, 0.05) is 43.8 Å². The number of hydrogen-bond donors (Lipinski definition) is 0. The minimum absolute atomic E-state index is 0.602. The largest absolute Gasteiger partial charge is 0.309 e. The van der Waals surface area contributed by atoms with Gasteiger partial charge in [0.15, 0.2) is 17.5 Å². The lowest BCUT2D eigenvalue weighted by Crippen LogP contribution is -2.03. The minimum Gasteiger partial charge on any atom is -0.309 e. The van der Waals surface area contributed by atoms with Gasteiger partial charge in [-0.05, 0) is 71.3 Å². The zero-order valence-electron chi connectivity index (χ0n) is 33.6. The van der Waals surface area contributed by atoms with Crippen molar-refractivity contribution in [3.05, 3.63) is 224 Å². The third-order valence-corrected chi connectivity index (χ3v) is 12.0. The molecule has 3 aromatic heterocycles. The van der Waals surface area contributed by atoms with Crippen LogP contribution in [0.5, 0.6) is 0 Å². The molecule has 3 heterocycles. The van der Waals surface area contributed by atoms with Crippen molar-refractivity contribution >= 4 is 43.6 Å². The van der Waals surface area contributed by atoms with Gasteiger partial charge in [-0.2, -0.15) is 0 Å². The molecule has 0 bridgehead atoms. The molecule has 0 atom stereocenters. The first kappa shape index (κ1) is 35.5. The fraction of sp³-hybridized carbons (Fsp3) is 0. The van der Waals surface area contributed by atoms with E-state index < -0.39 is 0 Å². The molecule has 62 heavy (non-hydrogen) atoms. The first-order valence-electron chi connectivity index (χ1n) is 21.0. The van der Waals surface area contributed by atoms with Crippen molar-refractivity contribution in [3.8, 4) is 67.8 Å². The summed E-state index contributed by atoms with van der Waals surface area (Å²) in [7, 11) is 0. The van der Waals surface area contributed by atoms with Crippen LogP contribution in [0, 0.1) is 0 Å². The average Bonchev–Trinajstić information content (AvgIpc) is 3.87. The van der Waals surface area contributed by atoms with Gasteiger partial charge in [-0.1, -0.05) is 170 Å². The number of aromatic nitrogens is 5. The highest BCUT2D eigenvalue weighted by atomic mass is 15.1. The Morgan fingerprint density at radius 3 is 1.24 bits per heavy atom. The summed E-state index contributed by atoms with van der Waals surface area (Å²) in [6, 6.07) is 79.2. The summed E-state index contributed by atoms with van der Waals surface area (Å²) in [6.45, 7) is 0. The highest BCUT2D eigenvalue weighted by Gasteiger charge is 2.21. The van der Waals surface area contributed by atoms with E-state index in [1.165, 1.54) is 21.5 Å². The normalized spacial score (nSPS) is 11.5. The fourth-order valence-corrected chi connectivity index (χ4v) is 9.16. The molecular formula is C57H37N5. The van der Waals surface area contributed by atoms with Crippen LogP contribution >= 0.6 is 0 Å². The van der Waals surface area contributed by atoms with Gasteiger partial charge in [0.2, 0.25) is 0 Å². The predicted octanol–water partition coefficient (Wildman–Crippen LogP) is 14.4. The van der Waals surface area contributed by atoms with Crippen LogP contribution in [0.2, 0.25) is 0 Å². The quantitative estimate of drug-likeness (QED) is 0.162. The van der Waals surface area contributed by atoms with Crippen LogP contribution in [0.15, 0.2) is 224 Å². The van der Waals surface area contributed by atoms with Crippen LogP contribution in [0.1, 0.15) is 0 Å². The molecule has 0 saturated heterocycles. The number of fused-ring (bicyclic) bond motifs is 6. The molecule has 0 aliphatic heterocycles. The minimum atomic E-state index is 0.602. The smallest absolute Gasteiger partial charge is 0.166 e. The van der Waals surface area contributed by atoms with Crippen molar-refractivity contribution in [2.45, 2.75) is 0 Å². The third-order valence-electron chi connectivity index (χ3n) is 12.0. The lowest BCUT2D eigenvalue weighted by atomic mass is 9.96. The van der Waals surface area contributed by atoms with E-state index in [2.05, 4.69) is 215 Å². The molecule has 0 fully saturated rings. The zero-order valence-corrected chi connectivity index (χ0v) is 33.6. The summed E-state index contributed by atoms with van der Waals surface area (Å²) >= 11 is 0. The molecule has 0 saturated carbocycles. The van der Waals surface area contributed by atoms with Gasteiger partial charge >= 0.3 is 0 Å². The van der Waals surface area contributed by atoms with Crippen LogP contribution in [0.25, 0.3) is 111 Å². The summed E-state index contributed by atoms with van der Waals surface area (Å²) in [5, 5.41) is 4.85. The molecule has 9 aromatic carbocycles. The predicted molar refractivity (Wildman–Crippen MR) is 256 cm³/mol. The van der Waals surface area contributed by atoms with E-state index >= 15 is 0 Å². The maximum atomic E-state index is 5.34. The van der Waals surface area contributed by atoms with Crippen molar-refractivity contribution in [1.82, 2.24) is 24.1 Å². The van der Waals surface area contributed by atoms with Gasteiger partial charge in [0.1, 0.15) is 0 Å². The Bertz CT molecular complexity index is 3530. The molecule has 0 radical (unpaired) electrons. The van der Waals surface area contributed by atoms with Gasteiger partial charge in [-0.15, -0.1) is 0 Å². The maximum absolute atomic E-state index is 5.34. The topological polar surface area (TPSA) is 48.5 Å². The number of rotatable bonds is 7. The maximum Gasteiger partial charge on any atom is 0.166 e. The Morgan fingerprint density at radius 1 is 0.242 bits per heavy atom. The number of nitrogens with zero attached hydrogens (tertiary/aromatic N) is 5. The van der Waals surface area contributed by atoms with Gasteiger partial charge in [0.25, 0.3) is 0 Å². The molecule has 0 amide bonds. The number of hydrogen-bond acceptors (Lipinski definition) is 3. The molecule has 12 aromatic rings. The molecule has 5 heteroatoms. The summed E-state index contributed by atoms with van der Waals surface area (Å²) < 4.78 is 4.74. The third kappa shape index (κ3) is 5.90. The highest BCUT2D eigenvalue weighted by Crippen LogP contribution is 2.40. The number of benzene rings is 9. The van der Waals surface area contributed by atoms with E-state index in [1.54, 1.807) is 0 Å². The summed E-state index contributed by atoms with van der Waals surface area (Å²) in [6.07, 6.45) is 0. The van der Waals surface area contributed by atoms with Gasteiger partial charge in [-0.25, -0.2) is 15.0 Å². The van der Waals surface area contributed by atoms with Crippen LogP contribution < -0.4 is 0 Å². The van der Waals surface area contributed by atoms with Crippen molar-refractivity contribution in [1.29, 1.82) is 0 Å². The lowest BCUT2D eigenvalue weighted by Gasteiger charge is -2.17. The van der Waals surface area contributed by atoms with Crippen molar-refractivity contribution < 1.29 is 0 Å². The summed E-state index contributed by atoms with van der Waals surface area (Å²) in [4.78, 5) is 15.8. The molecule has 5 nitrogen and oxygen atoms in total. The second-order valence-electron chi connectivity index (χ2n) is 15.6. The molecule has 12 rings (SSSR count). The zero-order chi connectivity index (χ0) is 41.0. The monoisotopic (exact) mass is 791 g/mol. The first-order valence-corrected chi connectivity index (χ1v) is 21.0. The van der Waals surface area contributed by atoms with E-state index in [1.807, 2.05) is 18.2 Å². The first-order chi connectivity index (χ1) is 30.8. The SMILES string of the molecule is c1ccc(-c2ccc(-n3c4ccccc4c4ccccc43)c(-c3cccc(-c4nc(-c5ccccc5)nc(-c5ccccc5-n5c6ccccc6c6ccccc65)n4)c3)c2)cc1. The Morgan fingerprint density at radius 2 is 0.661 bits per heavy atom. The van der Waals surface area contributed by atoms with E-state index in [0.717, 1.165) is 72.4 Å². The second kappa shape index (κ2) is 14.7. The molecule has 0 N–H and O–H groups in total. The van der Waals surface area contributed by atoms with E-state index in [0.29, 0.717) is 17.5 Å². The van der Waals surface area contributed by atoms with E-state index in [4.69, 9.17) is 15.0 Å². The van der Waals surface area contributed by atoms with E-state index in [9.17, 15) is 0 Å². The molecule has 0 unspecified atom stereocenters. The van der Waals surface area contributed by atoms with Crippen LogP contribution in [0.4, 0.5) is 0 Å². The standard InChI is InChI=1S/C57H37N5/c1-3-18-38(19-4-1)40-34-35-54(62-51-31-14-9-26-45(51)46-27-10-15-32-52(46)62)48(37-40)41-22-17-23-42(36-41)56-58-55(39-20-5-2-6-21-39)59-57(60-56)47-28-11-16-33-53(47)61-49-29-12-7-24-43(49)44-25-8-13-30-50(44)61/h1-37H. The van der Waals surface area contributed by atoms with Gasteiger partial charge in [-0.3, -0.25) is 0 Å². The van der Waals surface area contributed by atoms with Crippen molar-refractivity contribution in [2.24, 2.45) is 0 Å². The molecule has 290 valence electrons. The molecule has 0 spiro atoms. The van der Waals surface area contributed by atoms with Crippen LogP contribution in [-0.4, -0.2) is 24.1 Å².